The van der Waals surface area contributed by atoms with Gasteiger partial charge in [-0.2, -0.15) is 0 Å². The molecule has 0 saturated heterocycles. The van der Waals surface area contributed by atoms with Gasteiger partial charge in [-0.25, -0.2) is 0 Å². The van der Waals surface area contributed by atoms with Gasteiger partial charge in [-0.05, 0) is 37.1 Å². The molecule has 119 valence electrons. The van der Waals surface area contributed by atoms with Crippen LogP contribution in [0.5, 0.6) is 0 Å². The van der Waals surface area contributed by atoms with Gasteiger partial charge in [-0.3, -0.25) is 18.4 Å². The molecule has 0 bridgehead atoms. The number of nitrogens with zero attached hydrogens (tertiary/aromatic N) is 2. The summed E-state index contributed by atoms with van der Waals surface area (Å²) < 4.78 is 34.1. The van der Waals surface area contributed by atoms with Gasteiger partial charge in [-0.15, -0.1) is 0 Å². The molecule has 2 heterocycles. The predicted molar refractivity (Wildman–Crippen MR) is 77.7 cm³/mol. The van der Waals surface area contributed by atoms with E-state index in [1.165, 1.54) is 21.9 Å². The summed E-state index contributed by atoms with van der Waals surface area (Å²) >= 11 is 0. The van der Waals surface area contributed by atoms with Crippen LogP contribution in [0.15, 0.2) is 36.7 Å². The summed E-state index contributed by atoms with van der Waals surface area (Å²) in [5.41, 5.74) is 4.49. The molecular formula is C14H12N2O5SV. The Hall–Kier alpha value is -1.55. The first kappa shape index (κ1) is 21.5. The number of aromatic nitrogens is 2. The zero-order valence-electron chi connectivity index (χ0n) is 12.3. The fourth-order valence-electron chi connectivity index (χ4n) is 2.10. The van der Waals surface area contributed by atoms with Crippen LogP contribution in [0.1, 0.15) is 11.1 Å². The maximum atomic E-state index is 8.52. The first-order valence-corrected chi connectivity index (χ1v) is 7.37. The Morgan fingerprint density at radius 1 is 0.826 bits per heavy atom. The SMILES string of the molecule is Cc1ccnc2c1ccc1c(C)ccnc12.O=S(=O)([O-])[O-].[O-2].[V+4]. The van der Waals surface area contributed by atoms with Crippen LogP contribution in [0.3, 0.4) is 0 Å². The maximum Gasteiger partial charge on any atom is 4.00 e. The van der Waals surface area contributed by atoms with Crippen LogP contribution in [0.4, 0.5) is 0 Å². The molecule has 3 rings (SSSR count). The number of hydrogen-bond acceptors (Lipinski definition) is 6. The van der Waals surface area contributed by atoms with Crippen molar-refractivity contribution < 1.29 is 41.6 Å². The second-order valence-corrected chi connectivity index (χ2v) is 5.34. The van der Waals surface area contributed by atoms with Crippen molar-refractivity contribution in [1.82, 2.24) is 9.97 Å². The second-order valence-electron chi connectivity index (χ2n) is 4.52. The summed E-state index contributed by atoms with van der Waals surface area (Å²) in [5, 5.41) is 2.38. The van der Waals surface area contributed by atoms with Crippen molar-refractivity contribution in [3.63, 3.8) is 0 Å². The summed E-state index contributed by atoms with van der Waals surface area (Å²) in [4.78, 5) is 8.90. The van der Waals surface area contributed by atoms with Crippen molar-refractivity contribution in [3.8, 4) is 0 Å². The summed E-state index contributed by atoms with van der Waals surface area (Å²) in [5.74, 6) is 0. The number of pyridine rings is 2. The molecule has 0 saturated carbocycles. The molecule has 0 unspecified atom stereocenters. The normalized spacial score (nSPS) is 10.3. The minimum absolute atomic E-state index is 0. The van der Waals surface area contributed by atoms with Gasteiger partial charge in [0.2, 0.25) is 0 Å². The Morgan fingerprint density at radius 3 is 1.43 bits per heavy atom. The molecule has 0 atom stereocenters. The minimum atomic E-state index is -5.17. The molecule has 2 aromatic heterocycles. The standard InChI is InChI=1S/C14H12N2.H2O4S.O.V/c1-9-5-7-15-13-11(9)3-4-12-10(2)6-8-16-14(12)13;1-5(2,3)4;;/h3-8H,1-2H3;(H2,1,2,3,4);;/q;;-2;+4/p-2. The summed E-state index contributed by atoms with van der Waals surface area (Å²) in [6.07, 6.45) is 3.70. The van der Waals surface area contributed by atoms with Gasteiger partial charge in [0.05, 0.1) is 11.0 Å². The number of benzene rings is 1. The van der Waals surface area contributed by atoms with E-state index in [1.807, 2.05) is 24.5 Å². The molecule has 1 aromatic carbocycles. The number of hydrogen-bond donors (Lipinski definition) is 0. The van der Waals surface area contributed by atoms with E-state index in [1.54, 1.807) is 0 Å². The van der Waals surface area contributed by atoms with Gasteiger partial charge in [0.25, 0.3) is 0 Å². The van der Waals surface area contributed by atoms with E-state index in [0.717, 1.165) is 11.0 Å². The van der Waals surface area contributed by atoms with E-state index in [9.17, 15) is 0 Å². The molecule has 23 heavy (non-hydrogen) atoms. The van der Waals surface area contributed by atoms with E-state index in [-0.39, 0.29) is 24.0 Å². The summed E-state index contributed by atoms with van der Waals surface area (Å²) in [6, 6.07) is 8.33. The van der Waals surface area contributed by atoms with Gasteiger partial charge in [0.15, 0.2) is 0 Å². The maximum absolute atomic E-state index is 8.52. The number of rotatable bonds is 0. The third-order valence-electron chi connectivity index (χ3n) is 3.06. The quantitative estimate of drug-likeness (QED) is 0.337. The third kappa shape index (κ3) is 5.54. The van der Waals surface area contributed by atoms with Crippen LogP contribution < -0.4 is 0 Å². The van der Waals surface area contributed by atoms with Crippen LogP contribution in [0, 0.1) is 13.8 Å². The van der Waals surface area contributed by atoms with Crippen molar-refractivity contribution in [1.29, 1.82) is 0 Å². The molecular weight excluding hydrogens is 359 g/mol. The Balaban J connectivity index is 0.000000615. The predicted octanol–water partition coefficient (Wildman–Crippen LogP) is 1.94. The summed E-state index contributed by atoms with van der Waals surface area (Å²) in [6.45, 7) is 4.21. The van der Waals surface area contributed by atoms with E-state index < -0.39 is 10.4 Å². The summed E-state index contributed by atoms with van der Waals surface area (Å²) in [7, 11) is -5.17. The molecule has 0 aliphatic rings. The van der Waals surface area contributed by atoms with Gasteiger partial charge in [-0.1, -0.05) is 12.1 Å². The smallest absolute Gasteiger partial charge is 2.00 e. The van der Waals surface area contributed by atoms with Crippen molar-refractivity contribution >= 4 is 32.2 Å². The fourth-order valence-corrected chi connectivity index (χ4v) is 2.10. The molecule has 0 N–H and O–H groups in total. The molecule has 9 heteroatoms. The third-order valence-corrected chi connectivity index (χ3v) is 3.06. The van der Waals surface area contributed by atoms with Crippen LogP contribution in [-0.4, -0.2) is 27.5 Å². The average Bonchev–Trinajstić information content (AvgIpc) is 2.37. The molecule has 0 aliphatic carbocycles. The average molecular weight is 371 g/mol. The van der Waals surface area contributed by atoms with Crippen molar-refractivity contribution in [3.05, 3.63) is 47.8 Å². The molecule has 1 radical (unpaired) electrons. The number of fused-ring (bicyclic) bond motifs is 3. The van der Waals surface area contributed by atoms with Crippen LogP contribution in [0.2, 0.25) is 0 Å². The van der Waals surface area contributed by atoms with Crippen molar-refractivity contribution in [2.24, 2.45) is 0 Å². The minimum Gasteiger partial charge on any atom is -2.00 e. The van der Waals surface area contributed by atoms with Gasteiger partial charge < -0.3 is 14.6 Å². The molecule has 0 amide bonds. The Kier molecular flexibility index (Phi) is 7.79. The molecule has 3 aromatic rings. The van der Waals surface area contributed by atoms with Crippen LogP contribution >= 0.6 is 0 Å². The number of aryl methyl sites for hydroxylation is 2. The van der Waals surface area contributed by atoms with Crippen molar-refractivity contribution in [2.75, 3.05) is 0 Å². The molecule has 0 spiro atoms. The first-order chi connectivity index (χ1) is 9.77. The Labute approximate surface area is 145 Å². The van der Waals surface area contributed by atoms with Gasteiger partial charge in [0, 0.05) is 33.6 Å². The Bertz CT molecular complexity index is 847. The first-order valence-electron chi connectivity index (χ1n) is 6.03. The largest absolute Gasteiger partial charge is 4.00 e. The monoisotopic (exact) mass is 371 g/mol. The van der Waals surface area contributed by atoms with Crippen molar-refractivity contribution in [2.45, 2.75) is 13.8 Å². The van der Waals surface area contributed by atoms with E-state index in [2.05, 4.69) is 35.9 Å². The van der Waals surface area contributed by atoms with Gasteiger partial charge >= 0.3 is 18.6 Å². The van der Waals surface area contributed by atoms with E-state index in [4.69, 9.17) is 17.5 Å². The second kappa shape index (κ2) is 8.35. The van der Waals surface area contributed by atoms with Crippen LogP contribution in [-0.2, 0) is 34.4 Å². The zero-order chi connectivity index (χ0) is 15.6. The Morgan fingerprint density at radius 2 is 1.13 bits per heavy atom. The molecule has 0 aliphatic heterocycles. The topological polar surface area (TPSA) is 135 Å². The molecule has 0 fully saturated rings. The zero-order valence-corrected chi connectivity index (χ0v) is 14.5. The van der Waals surface area contributed by atoms with E-state index >= 15 is 0 Å². The van der Waals surface area contributed by atoms with E-state index in [0.29, 0.717) is 0 Å². The fraction of sp³-hybridized carbons (Fsp3) is 0.143. The van der Waals surface area contributed by atoms with Crippen LogP contribution in [0.25, 0.3) is 21.8 Å². The molecule has 7 nitrogen and oxygen atoms in total. The van der Waals surface area contributed by atoms with Gasteiger partial charge in [0.1, 0.15) is 0 Å².